The zero-order chi connectivity index (χ0) is 14.8. The molecule has 2 rings (SSSR count). The first-order valence-corrected chi connectivity index (χ1v) is 7.46. The summed E-state index contributed by atoms with van der Waals surface area (Å²) in [6.45, 7) is 0.504. The van der Waals surface area contributed by atoms with E-state index in [1.807, 2.05) is 13.1 Å². The Balaban J connectivity index is 2.24. The van der Waals surface area contributed by atoms with E-state index >= 15 is 0 Å². The maximum Gasteiger partial charge on any atom is 0.240 e. The van der Waals surface area contributed by atoms with E-state index in [2.05, 4.69) is 15.1 Å². The third kappa shape index (κ3) is 2.91. The number of nitrogens with zero attached hydrogens (tertiary/aromatic N) is 2. The first-order valence-electron chi connectivity index (χ1n) is 5.98. The maximum absolute atomic E-state index is 11.8. The highest BCUT2D eigenvalue weighted by atomic mass is 32.2. The van der Waals surface area contributed by atoms with Crippen LogP contribution in [0.25, 0.3) is 0 Å². The number of aromatic nitrogens is 2. The molecule has 0 unspecified atom stereocenters. The lowest BCUT2D eigenvalue weighted by Gasteiger charge is -2.11. The van der Waals surface area contributed by atoms with E-state index < -0.39 is 10.0 Å². The molecule has 0 atom stereocenters. The minimum atomic E-state index is -3.48. The summed E-state index contributed by atoms with van der Waals surface area (Å²) in [5.41, 5.74) is 7.88. The highest BCUT2D eigenvalue weighted by Crippen LogP contribution is 2.23. The van der Waals surface area contributed by atoms with Crippen molar-refractivity contribution < 1.29 is 8.42 Å². The van der Waals surface area contributed by atoms with Crippen LogP contribution in [0.5, 0.6) is 0 Å². The molecular formula is C12H17N5O2S. The summed E-state index contributed by atoms with van der Waals surface area (Å²) in [7, 11) is -0.276. The second-order valence-electron chi connectivity index (χ2n) is 4.26. The van der Waals surface area contributed by atoms with Crippen LogP contribution in [0.3, 0.4) is 0 Å². The average Bonchev–Trinajstić information content (AvgIpc) is 2.83. The third-order valence-electron chi connectivity index (χ3n) is 2.99. The van der Waals surface area contributed by atoms with E-state index in [9.17, 15) is 8.42 Å². The van der Waals surface area contributed by atoms with Gasteiger partial charge in [0.15, 0.2) is 0 Å². The molecule has 1 heterocycles. The highest BCUT2D eigenvalue weighted by molar-refractivity contribution is 7.89. The van der Waals surface area contributed by atoms with Crippen LogP contribution < -0.4 is 15.8 Å². The quantitative estimate of drug-likeness (QED) is 0.698. The zero-order valence-electron chi connectivity index (χ0n) is 11.3. The summed E-state index contributed by atoms with van der Waals surface area (Å²) >= 11 is 0. The molecule has 4 N–H and O–H groups in total. The summed E-state index contributed by atoms with van der Waals surface area (Å²) in [6, 6.07) is 6.42. The molecule has 0 saturated heterocycles. The maximum atomic E-state index is 11.8. The lowest BCUT2D eigenvalue weighted by atomic mass is 10.2. The van der Waals surface area contributed by atoms with Crippen LogP contribution in [0.15, 0.2) is 35.4 Å². The second-order valence-corrected chi connectivity index (χ2v) is 6.14. The standard InChI is InChI=1S/C12H17N5O2S/c1-14-20(18,19)10-3-4-11(13)12(7-10)15-8-9-5-6-16-17(9)2/h3-7,14-15H,8,13H2,1-2H3. The van der Waals surface area contributed by atoms with Gasteiger partial charge in [-0.1, -0.05) is 0 Å². The monoisotopic (exact) mass is 295 g/mol. The summed E-state index contributed by atoms with van der Waals surface area (Å²) < 4.78 is 27.5. The van der Waals surface area contributed by atoms with Crippen LogP contribution >= 0.6 is 0 Å². The molecule has 0 radical (unpaired) electrons. The fraction of sp³-hybridized carbons (Fsp3) is 0.250. The molecule has 8 heteroatoms. The fourth-order valence-electron chi connectivity index (χ4n) is 1.73. The Morgan fingerprint density at radius 3 is 2.70 bits per heavy atom. The molecule has 0 aliphatic carbocycles. The van der Waals surface area contributed by atoms with Gasteiger partial charge in [0.2, 0.25) is 10.0 Å². The van der Waals surface area contributed by atoms with Gasteiger partial charge in [-0.3, -0.25) is 4.68 Å². The Labute approximate surface area is 117 Å². The van der Waals surface area contributed by atoms with Crippen molar-refractivity contribution in [3.63, 3.8) is 0 Å². The van der Waals surface area contributed by atoms with E-state index in [-0.39, 0.29) is 4.90 Å². The number of sulfonamides is 1. The molecule has 1 aromatic heterocycles. The second kappa shape index (κ2) is 5.51. The molecule has 20 heavy (non-hydrogen) atoms. The Kier molecular flexibility index (Phi) is 3.96. The minimum Gasteiger partial charge on any atom is -0.397 e. The molecule has 1 aromatic carbocycles. The van der Waals surface area contributed by atoms with Gasteiger partial charge in [0.1, 0.15) is 0 Å². The molecule has 0 aliphatic heterocycles. The van der Waals surface area contributed by atoms with Crippen LogP contribution in [-0.2, 0) is 23.6 Å². The van der Waals surface area contributed by atoms with Gasteiger partial charge in [-0.15, -0.1) is 0 Å². The number of benzene rings is 1. The van der Waals surface area contributed by atoms with Gasteiger partial charge in [0, 0.05) is 13.2 Å². The summed E-state index contributed by atoms with van der Waals surface area (Å²) in [6.07, 6.45) is 1.70. The van der Waals surface area contributed by atoms with Gasteiger partial charge in [-0.25, -0.2) is 13.1 Å². The number of aryl methyl sites for hydroxylation is 1. The third-order valence-corrected chi connectivity index (χ3v) is 4.40. The van der Waals surface area contributed by atoms with Gasteiger partial charge in [0.25, 0.3) is 0 Å². The zero-order valence-corrected chi connectivity index (χ0v) is 12.1. The van der Waals surface area contributed by atoms with Crippen LogP contribution in [0.4, 0.5) is 11.4 Å². The van der Waals surface area contributed by atoms with E-state index in [0.29, 0.717) is 17.9 Å². The van der Waals surface area contributed by atoms with E-state index in [1.165, 1.54) is 19.2 Å². The van der Waals surface area contributed by atoms with Crippen molar-refractivity contribution in [1.29, 1.82) is 0 Å². The predicted octanol–water partition coefficient (Wildman–Crippen LogP) is 0.522. The number of hydrogen-bond acceptors (Lipinski definition) is 5. The number of anilines is 2. The molecular weight excluding hydrogens is 278 g/mol. The number of nitrogen functional groups attached to an aromatic ring is 1. The molecule has 0 amide bonds. The van der Waals surface area contributed by atoms with Crippen molar-refractivity contribution >= 4 is 21.4 Å². The van der Waals surface area contributed by atoms with E-state index in [1.54, 1.807) is 16.9 Å². The molecule has 7 nitrogen and oxygen atoms in total. The van der Waals surface area contributed by atoms with Gasteiger partial charge < -0.3 is 11.1 Å². The smallest absolute Gasteiger partial charge is 0.240 e. The fourth-order valence-corrected chi connectivity index (χ4v) is 2.49. The minimum absolute atomic E-state index is 0.168. The van der Waals surface area contributed by atoms with Crippen molar-refractivity contribution in [3.05, 3.63) is 36.2 Å². The SMILES string of the molecule is CNS(=O)(=O)c1ccc(N)c(NCc2ccnn2C)c1. The number of rotatable bonds is 5. The van der Waals surface area contributed by atoms with E-state index in [0.717, 1.165) is 5.69 Å². The average molecular weight is 295 g/mol. The first kappa shape index (κ1) is 14.4. The van der Waals surface area contributed by atoms with Crippen LogP contribution in [0, 0.1) is 0 Å². The van der Waals surface area contributed by atoms with Crippen molar-refractivity contribution in [2.24, 2.45) is 7.05 Å². The van der Waals surface area contributed by atoms with Crippen molar-refractivity contribution in [3.8, 4) is 0 Å². The number of hydrogen-bond donors (Lipinski definition) is 3. The molecule has 0 fully saturated rings. The van der Waals surface area contributed by atoms with Crippen LogP contribution in [0.2, 0.25) is 0 Å². The van der Waals surface area contributed by atoms with Crippen molar-refractivity contribution in [1.82, 2.24) is 14.5 Å². The number of nitrogens with two attached hydrogens (primary N) is 1. The predicted molar refractivity (Wildman–Crippen MR) is 77.6 cm³/mol. The Morgan fingerprint density at radius 1 is 1.35 bits per heavy atom. The molecule has 0 saturated carbocycles. The van der Waals surface area contributed by atoms with Gasteiger partial charge in [-0.05, 0) is 31.3 Å². The Morgan fingerprint density at radius 2 is 2.10 bits per heavy atom. The van der Waals surface area contributed by atoms with E-state index in [4.69, 9.17) is 5.73 Å². The topological polar surface area (TPSA) is 102 Å². The van der Waals surface area contributed by atoms with Crippen LogP contribution in [-0.4, -0.2) is 25.2 Å². The lowest BCUT2D eigenvalue weighted by Crippen LogP contribution is -2.19. The van der Waals surface area contributed by atoms with Crippen molar-refractivity contribution in [2.75, 3.05) is 18.1 Å². The number of nitrogens with one attached hydrogen (secondary N) is 2. The first-order chi connectivity index (χ1) is 9.44. The molecule has 2 aromatic rings. The summed E-state index contributed by atoms with van der Waals surface area (Å²) in [4.78, 5) is 0.168. The molecule has 0 aliphatic rings. The van der Waals surface area contributed by atoms with Crippen LogP contribution in [0.1, 0.15) is 5.69 Å². The Hall–Kier alpha value is -2.06. The highest BCUT2D eigenvalue weighted by Gasteiger charge is 2.13. The molecule has 0 spiro atoms. The normalized spacial score (nSPS) is 11.5. The lowest BCUT2D eigenvalue weighted by molar-refractivity contribution is 0.588. The summed E-state index contributed by atoms with van der Waals surface area (Å²) in [5, 5.41) is 7.18. The van der Waals surface area contributed by atoms with Gasteiger partial charge in [0.05, 0.1) is 28.5 Å². The Bertz CT molecular complexity index is 708. The van der Waals surface area contributed by atoms with Gasteiger partial charge >= 0.3 is 0 Å². The molecule has 108 valence electrons. The molecule has 0 bridgehead atoms. The van der Waals surface area contributed by atoms with Crippen molar-refractivity contribution in [2.45, 2.75) is 11.4 Å². The largest absolute Gasteiger partial charge is 0.397 e. The summed E-state index contributed by atoms with van der Waals surface area (Å²) in [5.74, 6) is 0. The van der Waals surface area contributed by atoms with Gasteiger partial charge in [-0.2, -0.15) is 5.10 Å².